The molecule has 0 aliphatic rings. The molecule has 35 heavy (non-hydrogen) atoms. The first-order valence-electron chi connectivity index (χ1n) is 10.7. The molecule has 0 unspecified atom stereocenters. The molecule has 4 rings (SSSR count). The highest BCUT2D eigenvalue weighted by Crippen LogP contribution is 2.34. The van der Waals surface area contributed by atoms with Crippen molar-refractivity contribution in [3.05, 3.63) is 139 Å². The molecule has 3 nitrogen and oxygen atoms in total. The van der Waals surface area contributed by atoms with Gasteiger partial charge < -0.3 is 5.32 Å². The summed E-state index contributed by atoms with van der Waals surface area (Å²) < 4.78 is 0. The number of rotatable bonds is 7. The SMILES string of the molecule is O=C(N[C@H](c1ccc(Cl)cc1)[C@@H](N=Cc1ccc(Cl)cc1)c1ccc(Cl)cc1)c1ccc(Cl)cc1. The summed E-state index contributed by atoms with van der Waals surface area (Å²) in [5.74, 6) is -0.248. The molecule has 176 valence electrons. The lowest BCUT2D eigenvalue weighted by Gasteiger charge is -2.26. The van der Waals surface area contributed by atoms with Gasteiger partial charge in [-0.15, -0.1) is 0 Å². The largest absolute Gasteiger partial charge is 0.343 e. The molecular formula is C28H20Cl4N2O. The molecule has 0 aliphatic heterocycles. The van der Waals surface area contributed by atoms with E-state index in [1.165, 1.54) is 0 Å². The third-order valence-electron chi connectivity index (χ3n) is 5.40. The number of carbonyl (C=O) groups excluding carboxylic acids is 1. The van der Waals surface area contributed by atoms with Gasteiger partial charge in [0.25, 0.3) is 5.91 Å². The molecule has 0 heterocycles. The van der Waals surface area contributed by atoms with Crippen LogP contribution < -0.4 is 5.32 Å². The topological polar surface area (TPSA) is 41.5 Å². The first kappa shape index (κ1) is 25.3. The van der Waals surface area contributed by atoms with E-state index in [0.29, 0.717) is 25.7 Å². The molecule has 1 N–H and O–H groups in total. The highest BCUT2D eigenvalue weighted by molar-refractivity contribution is 6.31. The van der Waals surface area contributed by atoms with Gasteiger partial charge in [-0.1, -0.05) is 82.8 Å². The molecule has 0 saturated heterocycles. The number of carbonyl (C=O) groups is 1. The molecule has 4 aromatic rings. The zero-order valence-corrected chi connectivity index (χ0v) is 21.4. The number of halogens is 4. The molecule has 0 aliphatic carbocycles. The van der Waals surface area contributed by atoms with Crippen LogP contribution in [-0.4, -0.2) is 12.1 Å². The molecule has 1 amide bonds. The first-order valence-corrected chi connectivity index (χ1v) is 12.3. The Labute approximate surface area is 224 Å². The Kier molecular flexibility index (Phi) is 8.48. The molecule has 7 heteroatoms. The summed E-state index contributed by atoms with van der Waals surface area (Å²) in [4.78, 5) is 18.1. The van der Waals surface area contributed by atoms with E-state index in [9.17, 15) is 4.79 Å². The lowest BCUT2D eigenvalue weighted by Crippen LogP contribution is -2.32. The van der Waals surface area contributed by atoms with Gasteiger partial charge in [0.1, 0.15) is 0 Å². The second kappa shape index (κ2) is 11.7. The Bertz CT molecular complexity index is 1300. The molecule has 0 aromatic heterocycles. The normalized spacial score (nSPS) is 12.9. The number of amides is 1. The van der Waals surface area contributed by atoms with E-state index in [1.807, 2.05) is 48.5 Å². The average molecular weight is 542 g/mol. The van der Waals surface area contributed by atoms with Crippen LogP contribution in [0.15, 0.2) is 102 Å². The van der Waals surface area contributed by atoms with Gasteiger partial charge in [-0.05, 0) is 77.4 Å². The van der Waals surface area contributed by atoms with Gasteiger partial charge in [0.15, 0.2) is 0 Å². The minimum Gasteiger partial charge on any atom is -0.343 e. The van der Waals surface area contributed by atoms with Crippen molar-refractivity contribution in [1.29, 1.82) is 0 Å². The van der Waals surface area contributed by atoms with Crippen LogP contribution in [0.2, 0.25) is 20.1 Å². The van der Waals surface area contributed by atoms with Crippen molar-refractivity contribution in [2.75, 3.05) is 0 Å². The van der Waals surface area contributed by atoms with Crippen molar-refractivity contribution in [1.82, 2.24) is 5.32 Å². The number of nitrogens with one attached hydrogen (secondary N) is 1. The Balaban J connectivity index is 1.76. The van der Waals surface area contributed by atoms with E-state index in [2.05, 4.69) is 5.32 Å². The minimum absolute atomic E-state index is 0.248. The Morgan fingerprint density at radius 1 is 0.629 bits per heavy atom. The average Bonchev–Trinajstić information content (AvgIpc) is 2.86. The van der Waals surface area contributed by atoms with Crippen LogP contribution in [-0.2, 0) is 0 Å². The second-order valence-corrected chi connectivity index (χ2v) is 9.58. The van der Waals surface area contributed by atoms with Crippen LogP contribution in [0.4, 0.5) is 0 Å². The smallest absolute Gasteiger partial charge is 0.251 e. The fourth-order valence-electron chi connectivity index (χ4n) is 3.58. The van der Waals surface area contributed by atoms with E-state index in [-0.39, 0.29) is 5.91 Å². The van der Waals surface area contributed by atoms with Crippen LogP contribution in [0.5, 0.6) is 0 Å². The lowest BCUT2D eigenvalue weighted by molar-refractivity contribution is 0.0930. The van der Waals surface area contributed by atoms with Crippen LogP contribution in [0.1, 0.15) is 39.1 Å². The maximum Gasteiger partial charge on any atom is 0.251 e. The monoisotopic (exact) mass is 540 g/mol. The Hall–Kier alpha value is -2.82. The van der Waals surface area contributed by atoms with Crippen LogP contribution >= 0.6 is 46.4 Å². The third kappa shape index (κ3) is 6.87. The maximum atomic E-state index is 13.2. The van der Waals surface area contributed by atoms with Gasteiger partial charge in [-0.25, -0.2) is 0 Å². The summed E-state index contributed by atoms with van der Waals surface area (Å²) >= 11 is 24.3. The van der Waals surface area contributed by atoms with Crippen molar-refractivity contribution < 1.29 is 4.79 Å². The number of nitrogens with zero attached hydrogens (tertiary/aromatic N) is 1. The fraction of sp³-hybridized carbons (Fsp3) is 0.0714. The summed E-state index contributed by atoms with van der Waals surface area (Å²) in [7, 11) is 0. The standard InChI is InChI=1S/C28H20Cl4N2O/c29-22-9-1-18(2-10-22)17-33-26(19-3-11-23(30)12-4-19)27(20-5-13-24(31)14-6-20)34-28(35)21-7-15-25(32)16-8-21/h1-17,26-27H,(H,34,35)/t26-,27+/m0/s1. The molecule has 2 atom stereocenters. The van der Waals surface area contributed by atoms with Gasteiger partial charge in [0.2, 0.25) is 0 Å². The van der Waals surface area contributed by atoms with Crippen molar-refractivity contribution in [3.8, 4) is 0 Å². The summed E-state index contributed by atoms with van der Waals surface area (Å²) in [5, 5.41) is 5.57. The van der Waals surface area contributed by atoms with Gasteiger partial charge in [-0.2, -0.15) is 0 Å². The van der Waals surface area contributed by atoms with Gasteiger partial charge >= 0.3 is 0 Å². The van der Waals surface area contributed by atoms with Gasteiger partial charge in [0, 0.05) is 31.9 Å². The summed E-state index contributed by atoms with van der Waals surface area (Å²) in [6.45, 7) is 0. The van der Waals surface area contributed by atoms with Crippen molar-refractivity contribution in [3.63, 3.8) is 0 Å². The maximum absolute atomic E-state index is 13.2. The second-order valence-electron chi connectivity index (χ2n) is 7.84. The van der Waals surface area contributed by atoms with Crippen molar-refractivity contribution in [2.45, 2.75) is 12.1 Å². The van der Waals surface area contributed by atoms with Gasteiger partial charge in [0.05, 0.1) is 12.1 Å². The molecule has 0 fully saturated rings. The minimum atomic E-state index is -0.500. The predicted octanol–water partition coefficient (Wildman–Crippen LogP) is 8.63. The number of aliphatic imine (C=N–C) groups is 1. The van der Waals surface area contributed by atoms with E-state index >= 15 is 0 Å². The van der Waals surface area contributed by atoms with Gasteiger partial charge in [-0.3, -0.25) is 9.79 Å². The quantitative estimate of drug-likeness (QED) is 0.234. The molecule has 4 aromatic carbocycles. The number of hydrogen-bond donors (Lipinski definition) is 1. The van der Waals surface area contributed by atoms with Crippen LogP contribution in [0.3, 0.4) is 0 Å². The van der Waals surface area contributed by atoms with E-state index in [0.717, 1.165) is 16.7 Å². The summed E-state index contributed by atoms with van der Waals surface area (Å²) in [5.41, 5.74) is 3.11. The first-order chi connectivity index (χ1) is 16.9. The Morgan fingerprint density at radius 2 is 1.06 bits per heavy atom. The van der Waals surface area contributed by atoms with Crippen LogP contribution in [0.25, 0.3) is 0 Å². The highest BCUT2D eigenvalue weighted by Gasteiger charge is 2.26. The third-order valence-corrected chi connectivity index (χ3v) is 6.41. The van der Waals surface area contributed by atoms with Crippen LogP contribution in [0, 0.1) is 0 Å². The molecule has 0 spiro atoms. The van der Waals surface area contributed by atoms with E-state index < -0.39 is 12.1 Å². The van der Waals surface area contributed by atoms with Crippen molar-refractivity contribution in [2.24, 2.45) is 4.99 Å². The molecule has 0 saturated carbocycles. The zero-order valence-electron chi connectivity index (χ0n) is 18.3. The summed E-state index contributed by atoms with van der Waals surface area (Å²) in [6, 6.07) is 27.9. The molecule has 0 bridgehead atoms. The highest BCUT2D eigenvalue weighted by atomic mass is 35.5. The molecule has 0 radical (unpaired) electrons. The molecular weight excluding hydrogens is 522 g/mol. The zero-order chi connectivity index (χ0) is 24.8. The van der Waals surface area contributed by atoms with E-state index in [4.69, 9.17) is 51.4 Å². The Morgan fingerprint density at radius 3 is 1.57 bits per heavy atom. The number of benzene rings is 4. The number of hydrogen-bond acceptors (Lipinski definition) is 2. The van der Waals surface area contributed by atoms with E-state index in [1.54, 1.807) is 54.7 Å². The lowest BCUT2D eigenvalue weighted by atomic mass is 9.93. The fourth-order valence-corrected chi connectivity index (χ4v) is 4.08. The predicted molar refractivity (Wildman–Crippen MR) is 146 cm³/mol. The summed E-state index contributed by atoms with van der Waals surface area (Å²) in [6.07, 6.45) is 1.77. The van der Waals surface area contributed by atoms with Crippen molar-refractivity contribution >= 4 is 58.5 Å².